The highest BCUT2D eigenvalue weighted by Gasteiger charge is 2.41. The monoisotopic (exact) mass is 226 g/mol. The topological polar surface area (TPSA) is 26.3 Å². The van der Waals surface area contributed by atoms with Gasteiger partial charge in [-0.3, -0.25) is 0 Å². The van der Waals surface area contributed by atoms with E-state index < -0.39 is 18.0 Å². The van der Waals surface area contributed by atoms with Crippen LogP contribution in [0.5, 0.6) is 0 Å². The molecule has 0 spiro atoms. The van der Waals surface area contributed by atoms with Crippen LogP contribution in [0.4, 0.5) is 8.78 Å². The first-order valence-corrected chi connectivity index (χ1v) is 5.21. The van der Waals surface area contributed by atoms with Crippen molar-refractivity contribution in [1.29, 1.82) is 0 Å². The molecule has 4 heteroatoms. The van der Waals surface area contributed by atoms with Crippen molar-refractivity contribution in [1.82, 2.24) is 0 Å². The zero-order valence-electron chi connectivity index (χ0n) is 8.66. The first-order chi connectivity index (χ1) is 7.57. The van der Waals surface area contributed by atoms with Gasteiger partial charge in [0, 0.05) is 12.8 Å². The Hall–Kier alpha value is -1.45. The molecular formula is C12H12F2O2. The van der Waals surface area contributed by atoms with Gasteiger partial charge in [0.1, 0.15) is 6.10 Å². The van der Waals surface area contributed by atoms with E-state index in [1.807, 2.05) is 0 Å². The minimum atomic E-state index is -2.68. The second-order valence-corrected chi connectivity index (χ2v) is 3.99. The van der Waals surface area contributed by atoms with Crippen molar-refractivity contribution >= 4 is 5.97 Å². The minimum absolute atomic E-state index is 0.195. The molecule has 1 aliphatic rings. The molecule has 0 amide bonds. The first kappa shape index (κ1) is 11.0. The van der Waals surface area contributed by atoms with Crippen LogP contribution >= 0.6 is 0 Å². The highest BCUT2D eigenvalue weighted by Crippen LogP contribution is 2.36. The van der Waals surface area contributed by atoms with Gasteiger partial charge in [-0.05, 0) is 18.6 Å². The number of benzene rings is 1. The molecule has 86 valence electrons. The molecule has 2 rings (SSSR count). The molecule has 0 N–H and O–H groups in total. The molecule has 0 radical (unpaired) electrons. The van der Waals surface area contributed by atoms with Gasteiger partial charge < -0.3 is 4.74 Å². The lowest BCUT2D eigenvalue weighted by Gasteiger charge is -2.12. The van der Waals surface area contributed by atoms with Crippen LogP contribution in [0, 0.1) is 0 Å². The zero-order valence-corrected chi connectivity index (χ0v) is 8.66. The summed E-state index contributed by atoms with van der Waals surface area (Å²) in [5.74, 6) is -3.20. The van der Waals surface area contributed by atoms with Crippen molar-refractivity contribution in [2.75, 3.05) is 0 Å². The molecule has 0 saturated heterocycles. The van der Waals surface area contributed by atoms with Crippen LogP contribution in [0.1, 0.15) is 29.6 Å². The minimum Gasteiger partial charge on any atom is -0.459 e. The van der Waals surface area contributed by atoms with Crippen LogP contribution in [0.15, 0.2) is 30.3 Å². The van der Waals surface area contributed by atoms with Crippen LogP contribution in [-0.2, 0) is 4.74 Å². The average molecular weight is 226 g/mol. The Kier molecular flexibility index (Phi) is 2.90. The van der Waals surface area contributed by atoms with Gasteiger partial charge in [-0.2, -0.15) is 0 Å². The lowest BCUT2D eigenvalue weighted by molar-refractivity contribution is -0.0120. The second-order valence-electron chi connectivity index (χ2n) is 3.99. The summed E-state index contributed by atoms with van der Waals surface area (Å²) in [6.45, 7) is 0. The van der Waals surface area contributed by atoms with Crippen molar-refractivity contribution in [3.8, 4) is 0 Å². The quantitative estimate of drug-likeness (QED) is 0.724. The average Bonchev–Trinajstić information content (AvgIpc) is 2.59. The molecule has 16 heavy (non-hydrogen) atoms. The van der Waals surface area contributed by atoms with Gasteiger partial charge >= 0.3 is 5.97 Å². The third-order valence-electron chi connectivity index (χ3n) is 2.64. The number of hydrogen-bond donors (Lipinski definition) is 0. The van der Waals surface area contributed by atoms with E-state index in [1.165, 1.54) is 0 Å². The summed E-state index contributed by atoms with van der Waals surface area (Å²) >= 11 is 0. The van der Waals surface area contributed by atoms with Crippen molar-refractivity contribution in [2.24, 2.45) is 0 Å². The Morgan fingerprint density at radius 3 is 2.56 bits per heavy atom. The Bertz CT molecular complexity index is 376. The van der Waals surface area contributed by atoms with E-state index in [4.69, 9.17) is 4.74 Å². The number of esters is 1. The molecule has 1 aromatic carbocycles. The number of rotatable bonds is 2. The summed E-state index contributed by atoms with van der Waals surface area (Å²) in [6, 6.07) is 8.41. The van der Waals surface area contributed by atoms with Crippen LogP contribution in [0.25, 0.3) is 0 Å². The third-order valence-corrected chi connectivity index (χ3v) is 2.64. The summed E-state index contributed by atoms with van der Waals surface area (Å²) in [4.78, 5) is 11.5. The normalized spacial score (nSPS) is 23.0. The van der Waals surface area contributed by atoms with E-state index in [1.54, 1.807) is 30.3 Å². The molecule has 0 aliphatic heterocycles. The maximum atomic E-state index is 12.9. The number of halogens is 2. The number of alkyl halides is 2. The number of hydrogen-bond acceptors (Lipinski definition) is 2. The zero-order chi connectivity index (χ0) is 11.6. The SMILES string of the molecule is O=C(O[C@@H]1CCC(F)(F)C1)c1ccccc1. The largest absolute Gasteiger partial charge is 0.459 e. The molecule has 0 unspecified atom stereocenters. The lowest BCUT2D eigenvalue weighted by atomic mass is 10.2. The fourth-order valence-electron chi connectivity index (χ4n) is 1.80. The van der Waals surface area contributed by atoms with Crippen LogP contribution < -0.4 is 0 Å². The molecule has 1 fully saturated rings. The van der Waals surface area contributed by atoms with Gasteiger partial charge in [0.05, 0.1) is 5.56 Å². The van der Waals surface area contributed by atoms with Crippen LogP contribution in [0.3, 0.4) is 0 Å². The summed E-state index contributed by atoms with van der Waals surface area (Å²) in [5, 5.41) is 0. The third kappa shape index (κ3) is 2.56. The van der Waals surface area contributed by atoms with E-state index in [9.17, 15) is 13.6 Å². The molecule has 1 saturated carbocycles. The Balaban J connectivity index is 1.94. The molecule has 2 nitrogen and oxygen atoms in total. The summed E-state index contributed by atoms with van der Waals surface area (Å²) in [5.41, 5.74) is 0.401. The smallest absolute Gasteiger partial charge is 0.338 e. The van der Waals surface area contributed by atoms with Crippen molar-refractivity contribution in [3.05, 3.63) is 35.9 Å². The Morgan fingerprint density at radius 1 is 1.31 bits per heavy atom. The van der Waals surface area contributed by atoms with Crippen molar-refractivity contribution < 1.29 is 18.3 Å². The van der Waals surface area contributed by atoms with E-state index in [2.05, 4.69) is 0 Å². The van der Waals surface area contributed by atoms with E-state index in [0.29, 0.717) is 5.56 Å². The highest BCUT2D eigenvalue weighted by molar-refractivity contribution is 5.89. The molecular weight excluding hydrogens is 214 g/mol. The number of carbonyl (C=O) groups excluding carboxylic acids is 1. The summed E-state index contributed by atoms with van der Waals surface area (Å²) in [7, 11) is 0. The number of ether oxygens (including phenoxy) is 1. The lowest BCUT2D eigenvalue weighted by Crippen LogP contribution is -2.18. The van der Waals surface area contributed by atoms with E-state index >= 15 is 0 Å². The van der Waals surface area contributed by atoms with E-state index in [0.717, 1.165) is 0 Å². The fourth-order valence-corrected chi connectivity index (χ4v) is 1.80. The van der Waals surface area contributed by atoms with Gasteiger partial charge in [0.15, 0.2) is 0 Å². The second kappa shape index (κ2) is 4.20. The first-order valence-electron chi connectivity index (χ1n) is 5.21. The van der Waals surface area contributed by atoms with Gasteiger partial charge in [0.2, 0.25) is 0 Å². The Labute approximate surface area is 92.2 Å². The molecule has 1 aromatic rings. The Morgan fingerprint density at radius 2 is 2.00 bits per heavy atom. The van der Waals surface area contributed by atoms with Gasteiger partial charge in [-0.1, -0.05) is 18.2 Å². The van der Waals surface area contributed by atoms with Crippen LogP contribution in [-0.4, -0.2) is 18.0 Å². The summed E-state index contributed by atoms with van der Waals surface area (Å²) in [6.07, 6.45) is -0.959. The van der Waals surface area contributed by atoms with E-state index in [-0.39, 0.29) is 19.3 Å². The molecule has 0 aromatic heterocycles. The summed E-state index contributed by atoms with van der Waals surface area (Å²) < 4.78 is 30.7. The van der Waals surface area contributed by atoms with Crippen LogP contribution in [0.2, 0.25) is 0 Å². The number of carbonyl (C=O) groups is 1. The highest BCUT2D eigenvalue weighted by atomic mass is 19.3. The van der Waals surface area contributed by atoms with Crippen molar-refractivity contribution in [2.45, 2.75) is 31.3 Å². The van der Waals surface area contributed by atoms with Gasteiger partial charge in [-0.25, -0.2) is 13.6 Å². The standard InChI is InChI=1S/C12H12F2O2/c13-12(14)7-6-10(8-12)16-11(15)9-4-2-1-3-5-9/h1-5,10H,6-8H2/t10-/m1/s1. The van der Waals surface area contributed by atoms with Crippen molar-refractivity contribution in [3.63, 3.8) is 0 Å². The van der Waals surface area contributed by atoms with Gasteiger partial charge in [0.25, 0.3) is 5.92 Å². The molecule has 0 heterocycles. The maximum Gasteiger partial charge on any atom is 0.338 e. The predicted octanol–water partition coefficient (Wildman–Crippen LogP) is 3.03. The fraction of sp³-hybridized carbons (Fsp3) is 0.417. The maximum absolute atomic E-state index is 12.9. The molecule has 1 atom stereocenters. The van der Waals surface area contributed by atoms with Gasteiger partial charge in [-0.15, -0.1) is 0 Å². The molecule has 0 bridgehead atoms. The molecule has 1 aliphatic carbocycles. The predicted molar refractivity (Wildman–Crippen MR) is 54.4 cm³/mol.